The van der Waals surface area contributed by atoms with Gasteiger partial charge in [0.1, 0.15) is 0 Å². The summed E-state index contributed by atoms with van der Waals surface area (Å²) in [5.74, 6) is 0.499. The molecule has 1 heterocycles. The maximum absolute atomic E-state index is 11.5. The highest BCUT2D eigenvalue weighted by atomic mass is 16.3. The molecule has 0 aliphatic carbocycles. The van der Waals surface area contributed by atoms with Crippen molar-refractivity contribution >= 4 is 11.8 Å². The van der Waals surface area contributed by atoms with Crippen LogP contribution in [0.2, 0.25) is 0 Å². The molecule has 0 aliphatic rings. The van der Waals surface area contributed by atoms with Gasteiger partial charge in [0.15, 0.2) is 5.82 Å². The number of aryl methyl sites for hydroxylation is 1. The van der Waals surface area contributed by atoms with Gasteiger partial charge in [-0.3, -0.25) is 5.32 Å². The predicted molar refractivity (Wildman–Crippen MR) is 72.4 cm³/mol. The lowest BCUT2D eigenvalue weighted by Gasteiger charge is -2.04. The van der Waals surface area contributed by atoms with E-state index in [2.05, 4.69) is 15.7 Å². The number of benzene rings is 1. The number of aromatic nitrogens is 2. The predicted octanol–water partition coefficient (Wildman–Crippen LogP) is 1.29. The summed E-state index contributed by atoms with van der Waals surface area (Å²) in [6.45, 7) is 1.99. The number of aliphatic hydroxyl groups excluding tert-OH is 1. The number of aliphatic hydroxyl groups is 1. The molecule has 1 aromatic heterocycles. The Hall–Kier alpha value is -2.34. The molecule has 3 N–H and O–H groups in total. The van der Waals surface area contributed by atoms with Crippen LogP contribution in [-0.2, 0) is 0 Å². The Kier molecular flexibility index (Phi) is 4.15. The topological polar surface area (TPSA) is 79.2 Å². The minimum Gasteiger partial charge on any atom is -0.395 e. The van der Waals surface area contributed by atoms with Crippen molar-refractivity contribution < 1.29 is 9.90 Å². The van der Waals surface area contributed by atoms with Crippen molar-refractivity contribution in [2.75, 3.05) is 18.5 Å². The summed E-state index contributed by atoms with van der Waals surface area (Å²) in [7, 11) is 0. The zero-order valence-electron chi connectivity index (χ0n) is 10.6. The van der Waals surface area contributed by atoms with Crippen LogP contribution in [0.15, 0.2) is 36.5 Å². The first-order valence-corrected chi connectivity index (χ1v) is 5.98. The van der Waals surface area contributed by atoms with E-state index in [0.29, 0.717) is 5.82 Å². The molecule has 6 nitrogen and oxygen atoms in total. The third kappa shape index (κ3) is 3.32. The first-order valence-electron chi connectivity index (χ1n) is 5.98. The van der Waals surface area contributed by atoms with E-state index in [1.807, 2.05) is 43.5 Å². The lowest BCUT2D eigenvalue weighted by atomic mass is 10.3. The number of hydrogen-bond donors (Lipinski definition) is 3. The standard InChI is InChI=1S/C13H16N4O2/c1-10-9-17(11-5-3-2-4-6-11)16-12(10)15-13(19)14-7-8-18/h2-6,9,18H,7-8H2,1H3,(H2,14,15,16,19). The molecule has 2 amide bonds. The highest BCUT2D eigenvalue weighted by Crippen LogP contribution is 2.15. The summed E-state index contributed by atoms with van der Waals surface area (Å²) in [5.41, 5.74) is 1.79. The molecule has 6 heteroatoms. The molecule has 0 saturated carbocycles. The number of urea groups is 1. The summed E-state index contributed by atoms with van der Waals surface area (Å²) < 4.78 is 1.71. The fraction of sp³-hybridized carbons (Fsp3) is 0.231. The Morgan fingerprint density at radius 3 is 2.79 bits per heavy atom. The summed E-state index contributed by atoms with van der Waals surface area (Å²) >= 11 is 0. The minimum atomic E-state index is -0.379. The van der Waals surface area contributed by atoms with Gasteiger partial charge in [0.25, 0.3) is 0 Å². The second-order valence-corrected chi connectivity index (χ2v) is 4.05. The van der Waals surface area contributed by atoms with Crippen LogP contribution in [0.5, 0.6) is 0 Å². The fourth-order valence-electron chi connectivity index (χ4n) is 1.62. The molecular weight excluding hydrogens is 244 g/mol. The van der Waals surface area contributed by atoms with Crippen LogP contribution in [0, 0.1) is 6.92 Å². The number of carbonyl (C=O) groups is 1. The van der Waals surface area contributed by atoms with Crippen molar-refractivity contribution in [2.45, 2.75) is 6.92 Å². The smallest absolute Gasteiger partial charge is 0.320 e. The Morgan fingerprint density at radius 2 is 2.11 bits per heavy atom. The van der Waals surface area contributed by atoms with Crippen molar-refractivity contribution in [1.82, 2.24) is 15.1 Å². The van der Waals surface area contributed by atoms with Gasteiger partial charge in [-0.1, -0.05) is 18.2 Å². The lowest BCUT2D eigenvalue weighted by molar-refractivity contribution is 0.244. The quantitative estimate of drug-likeness (QED) is 0.775. The maximum Gasteiger partial charge on any atom is 0.320 e. The van der Waals surface area contributed by atoms with E-state index in [0.717, 1.165) is 11.3 Å². The zero-order chi connectivity index (χ0) is 13.7. The van der Waals surface area contributed by atoms with Gasteiger partial charge in [-0.15, -0.1) is 5.10 Å². The second kappa shape index (κ2) is 6.01. The average molecular weight is 260 g/mol. The molecule has 0 radical (unpaired) electrons. The van der Waals surface area contributed by atoms with Crippen molar-refractivity contribution in [3.63, 3.8) is 0 Å². The van der Waals surface area contributed by atoms with Crippen LogP contribution in [0.25, 0.3) is 5.69 Å². The van der Waals surface area contributed by atoms with E-state index in [9.17, 15) is 4.79 Å². The van der Waals surface area contributed by atoms with E-state index in [4.69, 9.17) is 5.11 Å². The molecule has 2 rings (SSSR count). The number of para-hydroxylation sites is 1. The van der Waals surface area contributed by atoms with Gasteiger partial charge in [0.05, 0.1) is 12.3 Å². The molecule has 2 aromatic rings. The van der Waals surface area contributed by atoms with E-state index >= 15 is 0 Å². The van der Waals surface area contributed by atoms with Gasteiger partial charge in [0.2, 0.25) is 0 Å². The first kappa shape index (κ1) is 13.1. The van der Waals surface area contributed by atoms with Crippen LogP contribution in [0.1, 0.15) is 5.56 Å². The number of anilines is 1. The Morgan fingerprint density at radius 1 is 1.37 bits per heavy atom. The van der Waals surface area contributed by atoms with Gasteiger partial charge < -0.3 is 10.4 Å². The molecule has 100 valence electrons. The van der Waals surface area contributed by atoms with Gasteiger partial charge >= 0.3 is 6.03 Å². The minimum absolute atomic E-state index is 0.0924. The molecule has 19 heavy (non-hydrogen) atoms. The molecule has 0 bridgehead atoms. The number of carbonyl (C=O) groups excluding carboxylic acids is 1. The van der Waals surface area contributed by atoms with E-state index in [1.54, 1.807) is 4.68 Å². The van der Waals surface area contributed by atoms with Crippen molar-refractivity contribution in [3.05, 3.63) is 42.1 Å². The van der Waals surface area contributed by atoms with Gasteiger partial charge in [-0.25, -0.2) is 9.48 Å². The molecule has 0 spiro atoms. The first-order chi connectivity index (χ1) is 9.20. The molecule has 0 fully saturated rings. The SMILES string of the molecule is Cc1cn(-c2ccccc2)nc1NC(=O)NCCO. The Balaban J connectivity index is 2.11. The Labute approximate surface area is 111 Å². The molecular formula is C13H16N4O2. The third-order valence-electron chi connectivity index (χ3n) is 2.55. The van der Waals surface area contributed by atoms with Gasteiger partial charge in [-0.05, 0) is 19.1 Å². The summed E-state index contributed by atoms with van der Waals surface area (Å²) in [4.78, 5) is 11.5. The van der Waals surface area contributed by atoms with Gasteiger partial charge in [-0.2, -0.15) is 0 Å². The van der Waals surface area contributed by atoms with Crippen LogP contribution >= 0.6 is 0 Å². The fourth-order valence-corrected chi connectivity index (χ4v) is 1.62. The average Bonchev–Trinajstić information content (AvgIpc) is 2.79. The third-order valence-corrected chi connectivity index (χ3v) is 2.55. The van der Waals surface area contributed by atoms with Crippen molar-refractivity contribution in [1.29, 1.82) is 0 Å². The highest BCUT2D eigenvalue weighted by molar-refractivity contribution is 5.88. The molecule has 0 saturated heterocycles. The molecule has 0 aliphatic heterocycles. The van der Waals surface area contributed by atoms with Crippen LogP contribution < -0.4 is 10.6 Å². The molecule has 0 atom stereocenters. The monoisotopic (exact) mass is 260 g/mol. The normalized spacial score (nSPS) is 10.2. The largest absolute Gasteiger partial charge is 0.395 e. The van der Waals surface area contributed by atoms with E-state index in [-0.39, 0.29) is 19.2 Å². The number of rotatable bonds is 4. The van der Waals surface area contributed by atoms with E-state index in [1.165, 1.54) is 0 Å². The van der Waals surface area contributed by atoms with Crippen molar-refractivity contribution in [3.8, 4) is 5.69 Å². The second-order valence-electron chi connectivity index (χ2n) is 4.05. The zero-order valence-corrected chi connectivity index (χ0v) is 10.6. The highest BCUT2D eigenvalue weighted by Gasteiger charge is 2.09. The van der Waals surface area contributed by atoms with E-state index < -0.39 is 0 Å². The summed E-state index contributed by atoms with van der Waals surface area (Å²) in [5, 5.41) is 18.1. The number of nitrogens with one attached hydrogen (secondary N) is 2. The van der Waals surface area contributed by atoms with Crippen molar-refractivity contribution in [2.24, 2.45) is 0 Å². The maximum atomic E-state index is 11.5. The lowest BCUT2D eigenvalue weighted by Crippen LogP contribution is -2.31. The Bertz CT molecular complexity index is 551. The number of hydrogen-bond acceptors (Lipinski definition) is 3. The number of amides is 2. The molecule has 1 aromatic carbocycles. The summed E-state index contributed by atoms with van der Waals surface area (Å²) in [6, 6.07) is 9.27. The summed E-state index contributed by atoms with van der Waals surface area (Å²) in [6.07, 6.45) is 1.84. The number of nitrogens with zero attached hydrogens (tertiary/aromatic N) is 2. The van der Waals surface area contributed by atoms with Crippen LogP contribution in [0.4, 0.5) is 10.6 Å². The van der Waals surface area contributed by atoms with Crippen LogP contribution in [0.3, 0.4) is 0 Å². The van der Waals surface area contributed by atoms with Gasteiger partial charge in [0, 0.05) is 18.3 Å². The molecule has 0 unspecified atom stereocenters. The van der Waals surface area contributed by atoms with Crippen LogP contribution in [-0.4, -0.2) is 34.1 Å².